The third kappa shape index (κ3) is 5.98. The number of para-hydroxylation sites is 2. The van der Waals surface area contributed by atoms with Gasteiger partial charge in [-0.1, -0.05) is 188 Å². The van der Waals surface area contributed by atoms with Crippen molar-refractivity contribution >= 4 is 38.1 Å². The summed E-state index contributed by atoms with van der Waals surface area (Å²) in [6, 6.07) is 79.0. The van der Waals surface area contributed by atoms with Crippen LogP contribution in [0.3, 0.4) is 0 Å². The molecule has 62 heavy (non-hydrogen) atoms. The zero-order chi connectivity index (χ0) is 41.0. The highest BCUT2D eigenvalue weighted by molar-refractivity contribution is 6.10. The number of pyridine rings is 1. The summed E-state index contributed by atoms with van der Waals surface area (Å²) in [6.45, 7) is 0. The van der Waals surface area contributed by atoms with Gasteiger partial charge in [-0.05, 0) is 47.3 Å². The molecule has 0 N–H and O–H groups in total. The second-order valence-electron chi connectivity index (χ2n) is 15.7. The van der Waals surface area contributed by atoms with E-state index in [9.17, 15) is 0 Å². The predicted octanol–water partition coefficient (Wildman–Crippen LogP) is 14.4. The van der Waals surface area contributed by atoms with Crippen molar-refractivity contribution in [3.63, 3.8) is 0 Å². The smallest absolute Gasteiger partial charge is 0.160 e. The zero-order valence-corrected chi connectivity index (χ0v) is 33.6. The first kappa shape index (κ1) is 35.5. The van der Waals surface area contributed by atoms with Gasteiger partial charge in [-0.25, -0.2) is 14.5 Å². The third-order valence-corrected chi connectivity index (χ3v) is 12.0. The van der Waals surface area contributed by atoms with Crippen LogP contribution in [0.2, 0.25) is 0 Å². The van der Waals surface area contributed by atoms with Crippen molar-refractivity contribution in [2.24, 2.45) is 0 Å². The van der Waals surface area contributed by atoms with Gasteiger partial charge in [-0.2, -0.15) is 5.10 Å². The monoisotopic (exact) mass is 791 g/mol. The Labute approximate surface area is 358 Å². The summed E-state index contributed by atoms with van der Waals surface area (Å²) in [5, 5.41) is 10.2. The first-order valence-corrected chi connectivity index (χ1v) is 20.9. The van der Waals surface area contributed by atoms with Gasteiger partial charge < -0.3 is 4.57 Å². The normalized spacial score (nSPS) is 11.5. The van der Waals surface area contributed by atoms with Crippen molar-refractivity contribution in [2.45, 2.75) is 0 Å². The van der Waals surface area contributed by atoms with Crippen molar-refractivity contribution in [1.29, 1.82) is 0 Å². The number of rotatable bonds is 7. The van der Waals surface area contributed by atoms with Crippen molar-refractivity contribution in [2.75, 3.05) is 0 Å². The number of hydrogen-bond donors (Lipinski definition) is 0. The Morgan fingerprint density at radius 3 is 1.45 bits per heavy atom. The maximum absolute atomic E-state index is 5.40. The van der Waals surface area contributed by atoms with E-state index in [1.165, 1.54) is 21.8 Å². The van der Waals surface area contributed by atoms with Crippen LogP contribution in [-0.4, -0.2) is 24.1 Å². The summed E-state index contributed by atoms with van der Waals surface area (Å²) in [7, 11) is 0. The highest BCUT2D eigenvalue weighted by Crippen LogP contribution is 2.41. The molecule has 0 bridgehead atoms. The quantitative estimate of drug-likeness (QED) is 0.162. The molecule has 0 saturated carbocycles. The van der Waals surface area contributed by atoms with E-state index in [4.69, 9.17) is 15.1 Å². The molecule has 0 aliphatic carbocycles. The average Bonchev–Trinajstić information content (AvgIpc) is 3.92. The first-order valence-electron chi connectivity index (χ1n) is 20.9. The highest BCUT2D eigenvalue weighted by atomic mass is 15.2. The van der Waals surface area contributed by atoms with E-state index >= 15 is 0 Å². The SMILES string of the molecule is c1ccc(-c2nc(-c3ccc(-c4cc5ccccc5c5c(-c6ccccc6)c(-c6ccccc6)nn45)cc3)cc(-c3ccc(-n4c5ccccc5c5ccccc54)cc3)n2)cc1. The minimum Gasteiger partial charge on any atom is -0.309 e. The summed E-state index contributed by atoms with van der Waals surface area (Å²) in [5.74, 6) is 0.684. The molecule has 5 nitrogen and oxygen atoms in total. The van der Waals surface area contributed by atoms with E-state index in [0.29, 0.717) is 5.82 Å². The number of aromatic nitrogens is 5. The van der Waals surface area contributed by atoms with Gasteiger partial charge in [0.15, 0.2) is 5.82 Å². The van der Waals surface area contributed by atoms with Gasteiger partial charge in [-0.3, -0.25) is 0 Å². The fraction of sp³-hybridized carbons (Fsp3) is 0. The van der Waals surface area contributed by atoms with Gasteiger partial charge in [0.05, 0.1) is 33.6 Å². The van der Waals surface area contributed by atoms with Crippen molar-refractivity contribution < 1.29 is 0 Å². The fourth-order valence-electron chi connectivity index (χ4n) is 9.02. The number of hydrogen-bond acceptors (Lipinski definition) is 3. The molecule has 0 radical (unpaired) electrons. The van der Waals surface area contributed by atoms with Crippen LogP contribution in [0.25, 0.3) is 111 Å². The molecule has 8 aromatic carbocycles. The van der Waals surface area contributed by atoms with E-state index in [2.05, 4.69) is 215 Å². The van der Waals surface area contributed by atoms with Crippen LogP contribution >= 0.6 is 0 Å². The Kier molecular flexibility index (Phi) is 8.42. The minimum absolute atomic E-state index is 0.684. The summed E-state index contributed by atoms with van der Waals surface area (Å²) in [4.78, 5) is 10.3. The number of nitrogens with zero attached hydrogens (tertiary/aromatic N) is 5. The molecule has 12 aromatic rings. The minimum atomic E-state index is 0.684. The van der Waals surface area contributed by atoms with Crippen LogP contribution in [-0.2, 0) is 0 Å². The molecule has 0 aliphatic heterocycles. The van der Waals surface area contributed by atoms with E-state index in [1.54, 1.807) is 0 Å². The van der Waals surface area contributed by atoms with Gasteiger partial charge in [0.2, 0.25) is 0 Å². The van der Waals surface area contributed by atoms with Crippen LogP contribution in [0.1, 0.15) is 0 Å². The van der Waals surface area contributed by atoms with Gasteiger partial charge in [0, 0.05) is 55.2 Å². The molecule has 290 valence electrons. The molecule has 0 aliphatic rings. The Hall–Kier alpha value is -8.41. The maximum atomic E-state index is 5.40. The molecular weight excluding hydrogens is 755 g/mol. The topological polar surface area (TPSA) is 48.0 Å². The van der Waals surface area contributed by atoms with Gasteiger partial charge in [-0.15, -0.1) is 0 Å². The van der Waals surface area contributed by atoms with E-state index in [0.717, 1.165) is 83.7 Å². The van der Waals surface area contributed by atoms with Crippen LogP contribution in [0.15, 0.2) is 224 Å². The maximum Gasteiger partial charge on any atom is 0.160 e. The summed E-state index contributed by atoms with van der Waals surface area (Å²) in [6.07, 6.45) is 0. The molecule has 0 saturated heterocycles. The largest absolute Gasteiger partial charge is 0.309 e. The van der Waals surface area contributed by atoms with Crippen LogP contribution in [0, 0.1) is 0 Å². The van der Waals surface area contributed by atoms with Crippen molar-refractivity contribution in [3.8, 4) is 73.2 Å². The van der Waals surface area contributed by atoms with Crippen molar-refractivity contribution in [1.82, 2.24) is 24.1 Å². The zero-order valence-electron chi connectivity index (χ0n) is 33.6. The molecule has 0 atom stereocenters. The lowest BCUT2D eigenvalue weighted by Crippen LogP contribution is -1.98. The first-order chi connectivity index (χ1) is 30.7. The standard InChI is InChI=1S/C57H37N5/c1-4-16-41(17-5-1)54-55(42-18-6-2-7-19-42)60-62-53(36-44-22-10-11-23-46(44)56(54)62)40-30-28-38(29-31-40)49-37-50(59-57(58-49)43-20-8-3-9-21-43)39-32-34-45(35-33-39)61-51-26-14-12-24-47(51)48-25-13-15-27-52(48)61/h1-37H. The van der Waals surface area contributed by atoms with Crippen molar-refractivity contribution in [3.05, 3.63) is 224 Å². The molecular formula is C57H37N5. The Balaban J connectivity index is 0.977. The average molecular weight is 792 g/mol. The lowest BCUT2D eigenvalue weighted by Gasteiger charge is -2.13. The Bertz CT molecular complexity index is 3540. The number of fused-ring (bicyclic) bond motifs is 6. The Morgan fingerprint density at radius 2 is 0.839 bits per heavy atom. The van der Waals surface area contributed by atoms with Gasteiger partial charge in [0.1, 0.15) is 5.69 Å². The summed E-state index contributed by atoms with van der Waals surface area (Å²) >= 11 is 0. The van der Waals surface area contributed by atoms with Crippen LogP contribution < -0.4 is 0 Å². The van der Waals surface area contributed by atoms with E-state index in [-0.39, 0.29) is 0 Å². The second kappa shape index (κ2) is 14.7. The predicted molar refractivity (Wildman–Crippen MR) is 255 cm³/mol. The summed E-state index contributed by atoms with van der Waals surface area (Å²) < 4.78 is 4.48. The van der Waals surface area contributed by atoms with E-state index in [1.807, 2.05) is 18.2 Å². The molecule has 4 aromatic heterocycles. The molecule has 0 amide bonds. The summed E-state index contributed by atoms with van der Waals surface area (Å²) in [5.41, 5.74) is 15.6. The highest BCUT2D eigenvalue weighted by Gasteiger charge is 2.22. The lowest BCUT2D eigenvalue weighted by atomic mass is 9.97. The second-order valence-corrected chi connectivity index (χ2v) is 15.7. The molecule has 12 rings (SSSR count). The van der Waals surface area contributed by atoms with Gasteiger partial charge in [0.25, 0.3) is 0 Å². The fourth-order valence-corrected chi connectivity index (χ4v) is 9.02. The molecule has 4 heterocycles. The third-order valence-electron chi connectivity index (χ3n) is 12.0. The van der Waals surface area contributed by atoms with Crippen LogP contribution in [0.5, 0.6) is 0 Å². The molecule has 0 unspecified atom stereocenters. The Morgan fingerprint density at radius 1 is 0.355 bits per heavy atom. The number of benzene rings is 8. The molecule has 0 spiro atoms. The molecule has 5 heteroatoms. The lowest BCUT2D eigenvalue weighted by molar-refractivity contribution is 0.979. The van der Waals surface area contributed by atoms with Crippen LogP contribution in [0.4, 0.5) is 0 Å². The van der Waals surface area contributed by atoms with E-state index < -0.39 is 0 Å². The van der Waals surface area contributed by atoms with Gasteiger partial charge >= 0.3 is 0 Å². The molecule has 0 fully saturated rings.